The highest BCUT2D eigenvalue weighted by Gasteiger charge is 2.11. The molecule has 1 amide bonds. The van der Waals surface area contributed by atoms with Crippen LogP contribution in [-0.2, 0) is 11.3 Å². The van der Waals surface area contributed by atoms with Crippen LogP contribution in [0.5, 0.6) is 0 Å². The molecule has 1 aromatic heterocycles. The van der Waals surface area contributed by atoms with Gasteiger partial charge in [-0.05, 0) is 13.3 Å². The van der Waals surface area contributed by atoms with Gasteiger partial charge in [0.15, 0.2) is 0 Å². The summed E-state index contributed by atoms with van der Waals surface area (Å²) in [5, 5.41) is 13.3. The fourth-order valence-electron chi connectivity index (χ4n) is 1.29. The van der Waals surface area contributed by atoms with Crippen molar-refractivity contribution in [1.29, 1.82) is 0 Å². The predicted molar refractivity (Wildman–Crippen MR) is 62.6 cm³/mol. The Labute approximate surface area is 97.7 Å². The second kappa shape index (κ2) is 5.81. The van der Waals surface area contributed by atoms with Crippen molar-refractivity contribution in [3.63, 3.8) is 0 Å². The summed E-state index contributed by atoms with van der Waals surface area (Å²) in [6.45, 7) is 3.60. The molecule has 0 aliphatic carbocycles. The first-order chi connectivity index (χ1) is 7.58. The molecule has 0 aliphatic rings. The average molecular weight is 244 g/mol. The number of aryl methyl sites for hydroxylation is 1. The topological polar surface area (TPSA) is 71.3 Å². The molecule has 0 unspecified atom stereocenters. The van der Waals surface area contributed by atoms with Gasteiger partial charge in [-0.1, -0.05) is 18.3 Å². The molecule has 0 radical (unpaired) electrons. The molecule has 0 bridgehead atoms. The van der Waals surface area contributed by atoms with E-state index in [-0.39, 0.29) is 30.0 Å². The second-order valence-electron chi connectivity index (χ2n) is 3.58. The van der Waals surface area contributed by atoms with Crippen molar-refractivity contribution in [3.8, 4) is 0 Å². The van der Waals surface area contributed by atoms with Gasteiger partial charge < -0.3 is 10.4 Å². The van der Waals surface area contributed by atoms with E-state index in [1.54, 1.807) is 12.3 Å². The van der Waals surface area contributed by atoms with Gasteiger partial charge in [-0.3, -0.25) is 14.2 Å². The molecule has 2 N–H and O–H groups in total. The molecule has 90 valence electrons. The van der Waals surface area contributed by atoms with Crippen LogP contribution < -0.4 is 10.2 Å². The zero-order chi connectivity index (χ0) is 12.1. The summed E-state index contributed by atoms with van der Waals surface area (Å²) in [6.07, 6.45) is 0.666. The maximum atomic E-state index is 11.6. The highest BCUT2D eigenvalue weighted by Crippen LogP contribution is 1.99. The van der Waals surface area contributed by atoms with Crippen LogP contribution in [0.1, 0.15) is 19.0 Å². The van der Waals surface area contributed by atoms with Crippen LogP contribution in [0.25, 0.3) is 0 Å². The number of nitrogens with one attached hydrogen (secondary N) is 1. The van der Waals surface area contributed by atoms with E-state index in [0.29, 0.717) is 6.42 Å². The number of hydrogen-bond acceptors (Lipinski definition) is 4. The van der Waals surface area contributed by atoms with E-state index in [2.05, 4.69) is 5.32 Å². The molecular weight excluding hydrogens is 228 g/mol. The Balaban J connectivity index is 2.61. The SMILES string of the molecule is CC[C@@H](CO)NC(=O)Cn1c(C)csc1=O. The fraction of sp³-hybridized carbons (Fsp3) is 0.600. The Morgan fingerprint density at radius 1 is 1.69 bits per heavy atom. The molecule has 1 aromatic rings. The molecule has 1 heterocycles. The zero-order valence-electron chi connectivity index (χ0n) is 9.40. The number of aliphatic hydroxyl groups is 1. The van der Waals surface area contributed by atoms with Crippen molar-refractivity contribution in [2.45, 2.75) is 32.9 Å². The lowest BCUT2D eigenvalue weighted by molar-refractivity contribution is -0.122. The van der Waals surface area contributed by atoms with Crippen molar-refractivity contribution in [2.24, 2.45) is 0 Å². The first-order valence-corrected chi connectivity index (χ1v) is 6.01. The number of rotatable bonds is 5. The van der Waals surface area contributed by atoms with Crippen molar-refractivity contribution >= 4 is 17.2 Å². The highest BCUT2D eigenvalue weighted by atomic mass is 32.1. The summed E-state index contributed by atoms with van der Waals surface area (Å²) in [4.78, 5) is 22.8. The standard InChI is InChI=1S/C10H16N2O3S/c1-3-8(5-13)11-9(14)4-12-7(2)6-16-10(12)15/h6,8,13H,3-5H2,1-2H3,(H,11,14)/t8-/m0/s1. The maximum Gasteiger partial charge on any atom is 0.307 e. The molecule has 6 heteroatoms. The third-order valence-corrected chi connectivity index (χ3v) is 3.24. The van der Waals surface area contributed by atoms with Gasteiger partial charge in [0.05, 0.1) is 12.6 Å². The van der Waals surface area contributed by atoms with Crippen LogP contribution in [-0.4, -0.2) is 28.2 Å². The van der Waals surface area contributed by atoms with E-state index in [9.17, 15) is 9.59 Å². The van der Waals surface area contributed by atoms with E-state index < -0.39 is 0 Å². The Bertz CT molecular complexity index is 406. The molecular formula is C10H16N2O3S. The van der Waals surface area contributed by atoms with Crippen molar-refractivity contribution < 1.29 is 9.90 Å². The molecule has 0 aromatic carbocycles. The summed E-state index contributed by atoms with van der Waals surface area (Å²) in [5.74, 6) is -0.246. The summed E-state index contributed by atoms with van der Waals surface area (Å²) in [7, 11) is 0. The first-order valence-electron chi connectivity index (χ1n) is 5.13. The summed E-state index contributed by atoms with van der Waals surface area (Å²) in [6, 6.07) is -0.234. The number of amides is 1. The van der Waals surface area contributed by atoms with Crippen LogP contribution in [0.4, 0.5) is 0 Å². The molecule has 1 rings (SSSR count). The van der Waals surface area contributed by atoms with Crippen molar-refractivity contribution in [2.75, 3.05) is 6.61 Å². The van der Waals surface area contributed by atoms with E-state index in [1.807, 2.05) is 6.92 Å². The van der Waals surface area contributed by atoms with Crippen LogP contribution >= 0.6 is 11.3 Å². The lowest BCUT2D eigenvalue weighted by atomic mass is 10.2. The number of carbonyl (C=O) groups is 1. The normalized spacial score (nSPS) is 12.4. The van der Waals surface area contributed by atoms with Crippen molar-refractivity contribution in [3.05, 3.63) is 20.7 Å². The minimum Gasteiger partial charge on any atom is -0.394 e. The molecule has 0 spiro atoms. The molecule has 0 aliphatic heterocycles. The van der Waals surface area contributed by atoms with Gasteiger partial charge in [-0.15, -0.1) is 0 Å². The smallest absolute Gasteiger partial charge is 0.307 e. The Morgan fingerprint density at radius 3 is 2.81 bits per heavy atom. The van der Waals surface area contributed by atoms with Gasteiger partial charge in [-0.2, -0.15) is 0 Å². The summed E-state index contributed by atoms with van der Waals surface area (Å²) < 4.78 is 1.42. The molecule has 5 nitrogen and oxygen atoms in total. The third kappa shape index (κ3) is 3.18. The Morgan fingerprint density at radius 2 is 2.38 bits per heavy atom. The van der Waals surface area contributed by atoms with Gasteiger partial charge in [0.1, 0.15) is 6.54 Å². The number of aliphatic hydroxyl groups excluding tert-OH is 1. The van der Waals surface area contributed by atoms with E-state index in [4.69, 9.17) is 5.11 Å². The van der Waals surface area contributed by atoms with Crippen LogP contribution in [0.15, 0.2) is 10.2 Å². The Kier molecular flexibility index (Phi) is 4.70. The molecule has 16 heavy (non-hydrogen) atoms. The van der Waals surface area contributed by atoms with Crippen molar-refractivity contribution in [1.82, 2.24) is 9.88 Å². The van der Waals surface area contributed by atoms with Gasteiger partial charge in [0, 0.05) is 11.1 Å². The molecule has 0 fully saturated rings. The lowest BCUT2D eigenvalue weighted by Crippen LogP contribution is -2.40. The predicted octanol–water partition coefficient (Wildman–Crippen LogP) is 0.105. The van der Waals surface area contributed by atoms with Gasteiger partial charge in [0.25, 0.3) is 0 Å². The largest absolute Gasteiger partial charge is 0.394 e. The Hall–Kier alpha value is -1.14. The first kappa shape index (κ1) is 12.9. The van der Waals surface area contributed by atoms with E-state index in [0.717, 1.165) is 17.0 Å². The van der Waals surface area contributed by atoms with Gasteiger partial charge in [-0.25, -0.2) is 0 Å². The number of thiazole rings is 1. The average Bonchev–Trinajstić information content (AvgIpc) is 2.57. The third-order valence-electron chi connectivity index (χ3n) is 2.36. The molecule has 0 saturated carbocycles. The van der Waals surface area contributed by atoms with E-state index >= 15 is 0 Å². The summed E-state index contributed by atoms with van der Waals surface area (Å²) in [5.41, 5.74) is 0.780. The number of nitrogens with zero attached hydrogens (tertiary/aromatic N) is 1. The number of aromatic nitrogens is 1. The second-order valence-corrected chi connectivity index (χ2v) is 4.41. The quantitative estimate of drug-likeness (QED) is 0.772. The highest BCUT2D eigenvalue weighted by molar-refractivity contribution is 7.07. The van der Waals surface area contributed by atoms with E-state index in [1.165, 1.54) is 4.57 Å². The molecule has 1 atom stereocenters. The lowest BCUT2D eigenvalue weighted by Gasteiger charge is -2.14. The van der Waals surface area contributed by atoms with Crippen LogP contribution in [0.3, 0.4) is 0 Å². The number of hydrogen-bond donors (Lipinski definition) is 2. The summed E-state index contributed by atoms with van der Waals surface area (Å²) >= 11 is 1.08. The number of carbonyl (C=O) groups excluding carboxylic acids is 1. The van der Waals surface area contributed by atoms with Gasteiger partial charge >= 0.3 is 4.87 Å². The fourth-order valence-corrected chi connectivity index (χ4v) is 2.02. The minimum absolute atomic E-state index is 0.0185. The van der Waals surface area contributed by atoms with Crippen LogP contribution in [0.2, 0.25) is 0 Å². The molecule has 0 saturated heterocycles. The maximum absolute atomic E-state index is 11.6. The monoisotopic (exact) mass is 244 g/mol. The van der Waals surface area contributed by atoms with Gasteiger partial charge in [0.2, 0.25) is 5.91 Å². The van der Waals surface area contributed by atoms with Crippen LogP contribution in [0, 0.1) is 6.92 Å². The minimum atomic E-state index is -0.246. The zero-order valence-corrected chi connectivity index (χ0v) is 10.2.